The summed E-state index contributed by atoms with van der Waals surface area (Å²) in [6.07, 6.45) is 1.82. The minimum absolute atomic E-state index is 0.415. The number of hydrogen-bond acceptors (Lipinski definition) is 4. The molecule has 6 heteroatoms. The Morgan fingerprint density at radius 3 is 2.06 bits per heavy atom. The number of nitrogens with zero attached hydrogens (tertiary/aromatic N) is 2. The Morgan fingerprint density at radius 2 is 1.69 bits per heavy atom. The Morgan fingerprint density at radius 1 is 1.12 bits per heavy atom. The lowest BCUT2D eigenvalue weighted by atomic mass is 10.6. The molecule has 0 aromatic carbocycles. The van der Waals surface area contributed by atoms with Gasteiger partial charge in [-0.25, -0.2) is 4.98 Å². The summed E-state index contributed by atoms with van der Waals surface area (Å²) in [5, 5.41) is 1.09. The van der Waals surface area contributed by atoms with Gasteiger partial charge in [0.2, 0.25) is 8.32 Å². The predicted octanol–water partition coefficient (Wildman–Crippen LogP) is 1.82. The van der Waals surface area contributed by atoms with Crippen LogP contribution in [0.25, 0.3) is 0 Å². The van der Waals surface area contributed by atoms with Crippen molar-refractivity contribution in [3.63, 3.8) is 0 Å². The van der Waals surface area contributed by atoms with E-state index in [1.165, 1.54) is 0 Å². The topological polar surface area (TPSA) is 61.0 Å². The van der Waals surface area contributed by atoms with Gasteiger partial charge in [-0.05, 0) is 24.8 Å². The Labute approximate surface area is 99.4 Å². The lowest BCUT2D eigenvalue weighted by molar-refractivity contribution is 0.511. The van der Waals surface area contributed by atoms with E-state index in [0.717, 1.165) is 5.19 Å². The Balaban J connectivity index is 3.01. The summed E-state index contributed by atoms with van der Waals surface area (Å²) in [5.74, 6) is 0.572. The van der Waals surface area contributed by atoms with Gasteiger partial charge < -0.3 is 10.2 Å². The summed E-state index contributed by atoms with van der Waals surface area (Å²) < 4.78 is 5.70. The fraction of sp³-hybridized carbons (Fsp3) is 0.600. The zero-order valence-electron chi connectivity index (χ0n) is 11.0. The van der Waals surface area contributed by atoms with E-state index >= 15 is 0 Å². The highest BCUT2D eigenvalue weighted by Gasteiger charge is 2.23. The third kappa shape index (κ3) is 3.60. The van der Waals surface area contributed by atoms with Gasteiger partial charge in [0.05, 0.1) is 8.07 Å². The van der Waals surface area contributed by atoms with Gasteiger partial charge in [-0.3, -0.25) is 0 Å². The normalized spacial score (nSPS) is 12.6. The summed E-state index contributed by atoms with van der Waals surface area (Å²) in [6, 6.07) is 0.415. The van der Waals surface area contributed by atoms with Crippen LogP contribution in [0.1, 0.15) is 0 Å². The summed E-state index contributed by atoms with van der Waals surface area (Å²) in [6.45, 7) is 13.0. The van der Waals surface area contributed by atoms with E-state index in [4.69, 9.17) is 10.2 Å². The summed E-state index contributed by atoms with van der Waals surface area (Å²) >= 11 is 0. The molecule has 0 aliphatic rings. The van der Waals surface area contributed by atoms with Crippen molar-refractivity contribution in [1.29, 1.82) is 0 Å². The molecule has 0 atom stereocenters. The van der Waals surface area contributed by atoms with Crippen molar-refractivity contribution in [2.75, 3.05) is 5.73 Å². The fourth-order valence-electron chi connectivity index (χ4n) is 1.28. The first-order valence-corrected chi connectivity index (χ1v) is 12.3. The van der Waals surface area contributed by atoms with Gasteiger partial charge in [-0.15, -0.1) is 0 Å². The van der Waals surface area contributed by atoms with Crippen LogP contribution < -0.4 is 15.3 Å². The number of aromatic nitrogens is 2. The van der Waals surface area contributed by atoms with Gasteiger partial charge in [-0.2, -0.15) is 4.98 Å². The fourth-order valence-corrected chi connectivity index (χ4v) is 3.20. The smallest absolute Gasteiger partial charge is 0.304 e. The van der Waals surface area contributed by atoms with Crippen LogP contribution in [0.3, 0.4) is 0 Å². The van der Waals surface area contributed by atoms with Gasteiger partial charge >= 0.3 is 6.01 Å². The summed E-state index contributed by atoms with van der Waals surface area (Å²) in [5.41, 5.74) is 5.95. The van der Waals surface area contributed by atoms with Crippen molar-refractivity contribution in [3.8, 4) is 6.01 Å². The van der Waals surface area contributed by atoms with E-state index in [1.807, 2.05) is 6.20 Å². The maximum absolute atomic E-state index is 5.95. The van der Waals surface area contributed by atoms with Crippen molar-refractivity contribution in [2.45, 2.75) is 39.3 Å². The van der Waals surface area contributed by atoms with Crippen LogP contribution in [-0.4, -0.2) is 26.4 Å². The van der Waals surface area contributed by atoms with E-state index in [1.54, 1.807) is 0 Å². The van der Waals surface area contributed by atoms with Crippen LogP contribution in [-0.2, 0) is 0 Å². The highest BCUT2D eigenvalue weighted by Crippen LogP contribution is 2.13. The molecule has 0 bridgehead atoms. The van der Waals surface area contributed by atoms with Crippen LogP contribution in [0, 0.1) is 0 Å². The third-order valence-electron chi connectivity index (χ3n) is 2.00. The van der Waals surface area contributed by atoms with E-state index in [0.29, 0.717) is 11.8 Å². The summed E-state index contributed by atoms with van der Waals surface area (Å²) in [7, 11) is -3.11. The van der Waals surface area contributed by atoms with Crippen molar-refractivity contribution in [1.82, 2.24) is 9.97 Å². The molecule has 0 spiro atoms. The van der Waals surface area contributed by atoms with E-state index in [-0.39, 0.29) is 0 Å². The molecule has 1 aromatic rings. The van der Waals surface area contributed by atoms with E-state index in [2.05, 4.69) is 49.3 Å². The lowest BCUT2D eigenvalue weighted by Gasteiger charge is -2.20. The van der Waals surface area contributed by atoms with Crippen molar-refractivity contribution >= 4 is 27.4 Å². The molecule has 0 saturated carbocycles. The first kappa shape index (κ1) is 13.2. The molecule has 90 valence electrons. The minimum Gasteiger partial charge on any atom is -0.518 e. The van der Waals surface area contributed by atoms with Crippen LogP contribution >= 0.6 is 0 Å². The van der Waals surface area contributed by atoms with Gasteiger partial charge in [0.15, 0.2) is 0 Å². The molecular weight excluding hydrogens is 234 g/mol. The lowest BCUT2D eigenvalue weighted by Crippen LogP contribution is -2.40. The minimum atomic E-state index is -1.65. The molecule has 0 aliphatic heterocycles. The van der Waals surface area contributed by atoms with E-state index in [9.17, 15) is 0 Å². The predicted molar refractivity (Wildman–Crippen MR) is 73.4 cm³/mol. The standard InChI is InChI=1S/C10H21N3OSi2/c1-15(2,3)8-7-12-10(13-9(8)11)14-16(4,5)6/h7H,1-6H3,(H2,11,12,13). The highest BCUT2D eigenvalue weighted by atomic mass is 28.4. The monoisotopic (exact) mass is 255 g/mol. The second-order valence-corrected chi connectivity index (χ2v) is 15.4. The van der Waals surface area contributed by atoms with Crippen molar-refractivity contribution in [3.05, 3.63) is 6.20 Å². The second-order valence-electron chi connectivity index (χ2n) is 5.92. The Kier molecular flexibility index (Phi) is 3.44. The summed E-state index contributed by atoms with van der Waals surface area (Å²) in [4.78, 5) is 8.49. The zero-order valence-corrected chi connectivity index (χ0v) is 13.0. The van der Waals surface area contributed by atoms with E-state index < -0.39 is 16.4 Å². The maximum atomic E-state index is 5.95. The largest absolute Gasteiger partial charge is 0.518 e. The van der Waals surface area contributed by atoms with Gasteiger partial charge in [-0.1, -0.05) is 19.6 Å². The molecule has 1 heterocycles. The zero-order chi connectivity index (χ0) is 12.6. The molecule has 0 unspecified atom stereocenters. The number of rotatable bonds is 3. The van der Waals surface area contributed by atoms with Gasteiger partial charge in [0.25, 0.3) is 0 Å². The molecule has 0 aliphatic carbocycles. The third-order valence-corrected chi connectivity index (χ3v) is 4.80. The Bertz CT molecular complexity index is 383. The van der Waals surface area contributed by atoms with Crippen LogP contribution in [0.2, 0.25) is 39.3 Å². The number of hydrogen-bond donors (Lipinski definition) is 1. The first-order chi connectivity index (χ1) is 7.09. The molecule has 1 rings (SSSR count). The number of anilines is 1. The second kappa shape index (κ2) is 4.17. The molecule has 0 fully saturated rings. The maximum Gasteiger partial charge on any atom is 0.304 e. The van der Waals surface area contributed by atoms with Crippen LogP contribution in [0.15, 0.2) is 6.20 Å². The van der Waals surface area contributed by atoms with Crippen molar-refractivity contribution < 1.29 is 4.43 Å². The quantitative estimate of drug-likeness (QED) is 0.837. The average Bonchev–Trinajstić information content (AvgIpc) is 1.97. The molecule has 0 saturated heterocycles. The number of nitrogen functional groups attached to an aromatic ring is 1. The highest BCUT2D eigenvalue weighted by molar-refractivity contribution is 6.89. The molecular formula is C10H21N3OSi2. The molecule has 16 heavy (non-hydrogen) atoms. The molecule has 4 nitrogen and oxygen atoms in total. The number of nitrogens with two attached hydrogens (primary N) is 1. The Hall–Kier alpha value is -0.886. The first-order valence-electron chi connectivity index (χ1n) is 5.41. The van der Waals surface area contributed by atoms with Gasteiger partial charge in [0.1, 0.15) is 5.82 Å². The van der Waals surface area contributed by atoms with Gasteiger partial charge in [0, 0.05) is 6.20 Å². The molecule has 2 N–H and O–H groups in total. The van der Waals surface area contributed by atoms with Crippen molar-refractivity contribution in [2.24, 2.45) is 0 Å². The molecule has 0 radical (unpaired) electrons. The van der Waals surface area contributed by atoms with Crippen LogP contribution in [0.5, 0.6) is 6.01 Å². The molecule has 0 amide bonds. The van der Waals surface area contributed by atoms with Crippen LogP contribution in [0.4, 0.5) is 5.82 Å². The SMILES string of the molecule is C[Si](C)(C)Oc1ncc([Si](C)(C)C)c(N)n1. The molecule has 1 aromatic heterocycles. The average molecular weight is 255 g/mol.